The summed E-state index contributed by atoms with van der Waals surface area (Å²) in [5.74, 6) is -0.756. The standard InChI is InChI=1S/C8H10N2O4/c1-3-10-4-5(7(12)14-2)6(11)9-8(10)13/h4H,3H2,1-2H3,(H,9,11,13). The van der Waals surface area contributed by atoms with Crippen LogP contribution in [-0.2, 0) is 11.3 Å². The minimum Gasteiger partial charge on any atom is -0.465 e. The first-order chi connectivity index (χ1) is 6.60. The van der Waals surface area contributed by atoms with Gasteiger partial charge in [-0.05, 0) is 6.92 Å². The van der Waals surface area contributed by atoms with Crippen molar-refractivity contribution in [3.8, 4) is 0 Å². The summed E-state index contributed by atoms with van der Waals surface area (Å²) in [6, 6.07) is 0. The van der Waals surface area contributed by atoms with E-state index in [0.717, 1.165) is 0 Å². The smallest absolute Gasteiger partial charge is 0.345 e. The molecule has 0 atom stereocenters. The van der Waals surface area contributed by atoms with Gasteiger partial charge in [0.2, 0.25) is 0 Å². The lowest BCUT2D eigenvalue weighted by Gasteiger charge is -2.02. The summed E-state index contributed by atoms with van der Waals surface area (Å²) in [6.45, 7) is 2.10. The molecule has 0 radical (unpaired) electrons. The van der Waals surface area contributed by atoms with E-state index in [2.05, 4.69) is 4.74 Å². The van der Waals surface area contributed by atoms with E-state index < -0.39 is 17.2 Å². The van der Waals surface area contributed by atoms with Crippen LogP contribution in [0.1, 0.15) is 17.3 Å². The van der Waals surface area contributed by atoms with Gasteiger partial charge in [-0.1, -0.05) is 0 Å². The highest BCUT2D eigenvalue weighted by atomic mass is 16.5. The number of H-pyrrole nitrogens is 1. The van der Waals surface area contributed by atoms with E-state index in [1.54, 1.807) is 6.92 Å². The van der Waals surface area contributed by atoms with Crippen LogP contribution in [-0.4, -0.2) is 22.6 Å². The minimum atomic E-state index is -0.756. The first-order valence-electron chi connectivity index (χ1n) is 4.02. The Balaban J connectivity index is 3.39. The summed E-state index contributed by atoms with van der Waals surface area (Å²) < 4.78 is 5.60. The Morgan fingerprint density at radius 1 is 1.57 bits per heavy atom. The van der Waals surface area contributed by atoms with Crippen molar-refractivity contribution < 1.29 is 9.53 Å². The third-order valence-corrected chi connectivity index (χ3v) is 1.76. The molecule has 0 bridgehead atoms. The number of hydrogen-bond acceptors (Lipinski definition) is 4. The maximum Gasteiger partial charge on any atom is 0.345 e. The maximum atomic E-state index is 11.1. The first-order valence-corrected chi connectivity index (χ1v) is 4.02. The predicted octanol–water partition coefficient (Wildman–Crippen LogP) is -0.657. The Hall–Kier alpha value is -1.85. The Labute approximate surface area is 79.1 Å². The topological polar surface area (TPSA) is 81.2 Å². The van der Waals surface area contributed by atoms with Crippen molar-refractivity contribution in [1.82, 2.24) is 9.55 Å². The third-order valence-electron chi connectivity index (χ3n) is 1.76. The van der Waals surface area contributed by atoms with Gasteiger partial charge in [0.05, 0.1) is 7.11 Å². The van der Waals surface area contributed by atoms with E-state index in [1.807, 2.05) is 4.98 Å². The van der Waals surface area contributed by atoms with Crippen LogP contribution in [0.3, 0.4) is 0 Å². The number of hydrogen-bond donors (Lipinski definition) is 1. The van der Waals surface area contributed by atoms with Gasteiger partial charge in [-0.25, -0.2) is 9.59 Å². The lowest BCUT2D eigenvalue weighted by atomic mass is 10.3. The zero-order valence-electron chi connectivity index (χ0n) is 7.86. The molecule has 14 heavy (non-hydrogen) atoms. The molecular weight excluding hydrogens is 188 g/mol. The second-order valence-electron chi connectivity index (χ2n) is 2.58. The number of nitrogens with zero attached hydrogens (tertiary/aromatic N) is 1. The van der Waals surface area contributed by atoms with Crippen LogP contribution >= 0.6 is 0 Å². The largest absolute Gasteiger partial charge is 0.465 e. The highest BCUT2D eigenvalue weighted by Gasteiger charge is 2.12. The molecule has 0 aromatic carbocycles. The minimum absolute atomic E-state index is 0.172. The average Bonchev–Trinajstić information content (AvgIpc) is 2.17. The van der Waals surface area contributed by atoms with E-state index in [9.17, 15) is 14.4 Å². The lowest BCUT2D eigenvalue weighted by Crippen LogP contribution is -2.33. The normalized spacial score (nSPS) is 9.86. The van der Waals surface area contributed by atoms with E-state index >= 15 is 0 Å². The first kappa shape index (κ1) is 10.2. The summed E-state index contributed by atoms with van der Waals surface area (Å²) in [5, 5.41) is 0. The number of ether oxygens (including phenoxy) is 1. The average molecular weight is 198 g/mol. The van der Waals surface area contributed by atoms with Gasteiger partial charge in [-0.2, -0.15) is 0 Å². The number of rotatable bonds is 2. The van der Waals surface area contributed by atoms with Crippen LogP contribution in [0, 0.1) is 0 Å². The number of nitrogens with one attached hydrogen (secondary N) is 1. The highest BCUT2D eigenvalue weighted by Crippen LogP contribution is 1.90. The SMILES string of the molecule is CCn1cc(C(=O)OC)c(=O)[nH]c1=O. The number of aromatic amines is 1. The molecule has 0 aliphatic rings. The van der Waals surface area contributed by atoms with Crippen molar-refractivity contribution in [3.63, 3.8) is 0 Å². The van der Waals surface area contributed by atoms with Gasteiger partial charge in [0.1, 0.15) is 5.56 Å². The van der Waals surface area contributed by atoms with Gasteiger partial charge in [0.25, 0.3) is 5.56 Å². The maximum absolute atomic E-state index is 11.1. The Morgan fingerprint density at radius 2 is 2.21 bits per heavy atom. The molecular formula is C8H10N2O4. The molecule has 0 aliphatic carbocycles. The fraction of sp³-hybridized carbons (Fsp3) is 0.375. The molecule has 0 spiro atoms. The zero-order valence-corrected chi connectivity index (χ0v) is 7.86. The monoisotopic (exact) mass is 198 g/mol. The Morgan fingerprint density at radius 3 is 2.71 bits per heavy atom. The summed E-state index contributed by atoms with van der Waals surface area (Å²) in [5.41, 5.74) is -1.44. The van der Waals surface area contributed by atoms with Crippen LogP contribution in [0.4, 0.5) is 0 Å². The summed E-state index contributed by atoms with van der Waals surface area (Å²) in [7, 11) is 1.17. The molecule has 0 fully saturated rings. The van der Waals surface area contributed by atoms with Crippen molar-refractivity contribution in [2.24, 2.45) is 0 Å². The van der Waals surface area contributed by atoms with Crippen molar-refractivity contribution in [2.75, 3.05) is 7.11 Å². The van der Waals surface area contributed by atoms with Gasteiger partial charge >= 0.3 is 11.7 Å². The second kappa shape index (κ2) is 3.91. The fourth-order valence-electron chi connectivity index (χ4n) is 1.000. The molecule has 0 unspecified atom stereocenters. The summed E-state index contributed by atoms with van der Waals surface area (Å²) >= 11 is 0. The second-order valence-corrected chi connectivity index (χ2v) is 2.58. The van der Waals surface area contributed by atoms with Crippen LogP contribution in [0.2, 0.25) is 0 Å². The molecule has 1 aromatic heterocycles. The third kappa shape index (κ3) is 1.73. The molecule has 0 aliphatic heterocycles. The van der Waals surface area contributed by atoms with E-state index in [4.69, 9.17) is 0 Å². The van der Waals surface area contributed by atoms with E-state index in [0.29, 0.717) is 6.54 Å². The molecule has 6 nitrogen and oxygen atoms in total. The summed E-state index contributed by atoms with van der Waals surface area (Å²) in [6.07, 6.45) is 1.19. The molecule has 76 valence electrons. The number of esters is 1. The molecule has 1 N–H and O–H groups in total. The van der Waals surface area contributed by atoms with Gasteiger partial charge in [0.15, 0.2) is 0 Å². The van der Waals surface area contributed by atoms with Gasteiger partial charge < -0.3 is 4.74 Å². The highest BCUT2D eigenvalue weighted by molar-refractivity contribution is 5.88. The number of carbonyl (C=O) groups excluding carboxylic acids is 1. The van der Waals surface area contributed by atoms with E-state index in [-0.39, 0.29) is 5.56 Å². The predicted molar refractivity (Wildman–Crippen MR) is 48.3 cm³/mol. The van der Waals surface area contributed by atoms with Crippen LogP contribution in [0.5, 0.6) is 0 Å². The van der Waals surface area contributed by atoms with Crippen LogP contribution in [0.25, 0.3) is 0 Å². The summed E-state index contributed by atoms with van der Waals surface area (Å²) in [4.78, 5) is 35.3. The van der Waals surface area contributed by atoms with E-state index in [1.165, 1.54) is 17.9 Å². The van der Waals surface area contributed by atoms with Crippen molar-refractivity contribution in [2.45, 2.75) is 13.5 Å². The zero-order chi connectivity index (χ0) is 10.7. The molecule has 0 saturated heterocycles. The van der Waals surface area contributed by atoms with Crippen molar-refractivity contribution in [1.29, 1.82) is 0 Å². The van der Waals surface area contributed by atoms with Crippen LogP contribution < -0.4 is 11.2 Å². The van der Waals surface area contributed by atoms with Crippen LogP contribution in [0.15, 0.2) is 15.8 Å². The molecule has 0 amide bonds. The fourth-order valence-corrected chi connectivity index (χ4v) is 1.000. The Kier molecular flexibility index (Phi) is 2.85. The molecule has 0 saturated carbocycles. The lowest BCUT2D eigenvalue weighted by molar-refractivity contribution is 0.0597. The number of aromatic nitrogens is 2. The Bertz CT molecular complexity index is 457. The number of carbonyl (C=O) groups is 1. The molecule has 6 heteroatoms. The molecule has 1 rings (SSSR count). The molecule has 1 heterocycles. The number of aryl methyl sites for hydroxylation is 1. The van der Waals surface area contributed by atoms with Crippen molar-refractivity contribution in [3.05, 3.63) is 32.6 Å². The van der Waals surface area contributed by atoms with Gasteiger partial charge in [-0.15, -0.1) is 0 Å². The number of methoxy groups -OCH3 is 1. The van der Waals surface area contributed by atoms with Gasteiger partial charge in [-0.3, -0.25) is 14.3 Å². The molecule has 1 aromatic rings. The van der Waals surface area contributed by atoms with Gasteiger partial charge in [0, 0.05) is 12.7 Å². The quantitative estimate of drug-likeness (QED) is 0.640. The van der Waals surface area contributed by atoms with Crippen molar-refractivity contribution >= 4 is 5.97 Å².